The SMILES string of the molecule is [CH2-][NH2+]c1ccc(/C(Cl)=C/CN(CC)CC)c(Cl)c1. The van der Waals surface area contributed by atoms with Gasteiger partial charge < -0.3 is 10.2 Å². The fourth-order valence-electron chi connectivity index (χ4n) is 1.65. The summed E-state index contributed by atoms with van der Waals surface area (Å²) in [5.74, 6) is 0. The largest absolute Gasteiger partial charge is 0.446 e. The molecule has 0 heterocycles. The Labute approximate surface area is 120 Å². The lowest BCUT2D eigenvalue weighted by Gasteiger charge is -2.15. The predicted octanol–water partition coefficient (Wildman–Crippen LogP) is 3.25. The van der Waals surface area contributed by atoms with E-state index in [1.54, 1.807) is 5.32 Å². The summed E-state index contributed by atoms with van der Waals surface area (Å²) in [5.41, 5.74) is 1.87. The number of nitrogens with zero attached hydrogens (tertiary/aromatic N) is 1. The molecule has 0 aromatic heterocycles. The van der Waals surface area contributed by atoms with E-state index in [1.807, 2.05) is 24.3 Å². The minimum Gasteiger partial charge on any atom is -0.446 e. The van der Waals surface area contributed by atoms with Gasteiger partial charge in [0.15, 0.2) is 0 Å². The van der Waals surface area contributed by atoms with Crippen LogP contribution in [0.1, 0.15) is 19.4 Å². The first kappa shape index (κ1) is 15.5. The van der Waals surface area contributed by atoms with Crippen molar-refractivity contribution in [2.45, 2.75) is 13.8 Å². The van der Waals surface area contributed by atoms with Gasteiger partial charge in [0.1, 0.15) is 5.69 Å². The first-order chi connectivity index (χ1) is 8.62. The lowest BCUT2D eigenvalue weighted by atomic mass is 10.2. The molecule has 0 fully saturated rings. The maximum atomic E-state index is 6.29. The van der Waals surface area contributed by atoms with Crippen LogP contribution >= 0.6 is 23.2 Å². The van der Waals surface area contributed by atoms with Gasteiger partial charge in [-0.15, -0.1) is 7.05 Å². The van der Waals surface area contributed by atoms with Gasteiger partial charge in [-0.05, 0) is 25.2 Å². The van der Waals surface area contributed by atoms with E-state index in [-0.39, 0.29) is 0 Å². The summed E-state index contributed by atoms with van der Waals surface area (Å²) >= 11 is 12.5. The molecular weight excluding hydrogens is 267 g/mol. The maximum Gasteiger partial charge on any atom is 0.104 e. The predicted molar refractivity (Wildman–Crippen MR) is 80.0 cm³/mol. The van der Waals surface area contributed by atoms with Gasteiger partial charge in [-0.1, -0.05) is 43.1 Å². The smallest absolute Gasteiger partial charge is 0.104 e. The second-order valence-corrected chi connectivity index (χ2v) is 4.80. The molecule has 0 spiro atoms. The molecule has 0 bridgehead atoms. The molecule has 1 rings (SSSR count). The summed E-state index contributed by atoms with van der Waals surface area (Å²) in [5, 5.41) is 3.12. The Morgan fingerprint density at radius 1 is 1.39 bits per heavy atom. The van der Waals surface area contributed by atoms with Crippen LogP contribution in [0.5, 0.6) is 0 Å². The summed E-state index contributed by atoms with van der Waals surface area (Å²) in [6.45, 7) is 7.14. The molecule has 0 saturated carbocycles. The highest BCUT2D eigenvalue weighted by molar-refractivity contribution is 6.50. The standard InChI is InChI=1S/C14H20Cl2N2/c1-4-18(5-2)9-8-13(15)12-7-6-11(17-3)10-14(12)16/h6-8,10H,3-5,9,17H2,1-2H3/b13-8-. The summed E-state index contributed by atoms with van der Waals surface area (Å²) in [4.78, 5) is 2.29. The molecule has 0 amide bonds. The number of quaternary nitrogens is 1. The van der Waals surface area contributed by atoms with Gasteiger partial charge in [0.2, 0.25) is 0 Å². The molecule has 1 aromatic rings. The lowest BCUT2D eigenvalue weighted by molar-refractivity contribution is -0.504. The van der Waals surface area contributed by atoms with E-state index >= 15 is 0 Å². The van der Waals surface area contributed by atoms with Gasteiger partial charge in [-0.25, -0.2) is 0 Å². The molecule has 0 aliphatic rings. The highest BCUT2D eigenvalue weighted by atomic mass is 35.5. The quantitative estimate of drug-likeness (QED) is 0.629. The van der Waals surface area contributed by atoms with Crippen LogP contribution in [0.3, 0.4) is 0 Å². The van der Waals surface area contributed by atoms with Crippen LogP contribution in [0.2, 0.25) is 5.02 Å². The lowest BCUT2D eigenvalue weighted by Crippen LogP contribution is -2.69. The van der Waals surface area contributed by atoms with Gasteiger partial charge in [-0.2, -0.15) is 0 Å². The summed E-state index contributed by atoms with van der Waals surface area (Å²) in [6.07, 6.45) is 2.00. The molecular formula is C14H20Cl2N2. The number of benzene rings is 1. The molecule has 0 atom stereocenters. The molecule has 2 nitrogen and oxygen atoms in total. The Morgan fingerprint density at radius 3 is 2.56 bits per heavy atom. The van der Waals surface area contributed by atoms with E-state index in [4.69, 9.17) is 23.2 Å². The Kier molecular flexibility index (Phi) is 6.72. The maximum absolute atomic E-state index is 6.29. The first-order valence-electron chi connectivity index (χ1n) is 6.12. The zero-order chi connectivity index (χ0) is 13.5. The van der Waals surface area contributed by atoms with Crippen LogP contribution in [0, 0.1) is 7.05 Å². The normalized spacial score (nSPS) is 12.2. The second kappa shape index (κ2) is 7.80. The van der Waals surface area contributed by atoms with Crippen molar-refractivity contribution in [3.05, 3.63) is 41.9 Å². The summed E-state index contributed by atoms with van der Waals surface area (Å²) in [6, 6.07) is 5.76. The van der Waals surface area contributed by atoms with Crippen molar-refractivity contribution in [1.29, 1.82) is 0 Å². The number of nitrogens with two attached hydrogens (primary N) is 1. The van der Waals surface area contributed by atoms with E-state index in [9.17, 15) is 0 Å². The Balaban J connectivity index is 2.83. The third kappa shape index (κ3) is 4.29. The Hall–Kier alpha value is -0.540. The number of likely N-dealkylation sites (N-methyl/N-ethyl adjacent to an activating group) is 1. The van der Waals surface area contributed by atoms with E-state index in [0.29, 0.717) is 10.1 Å². The minimum atomic E-state index is 0.660. The monoisotopic (exact) mass is 286 g/mol. The van der Waals surface area contributed by atoms with Crippen molar-refractivity contribution in [3.8, 4) is 0 Å². The van der Waals surface area contributed by atoms with Crippen molar-refractivity contribution >= 4 is 33.9 Å². The van der Waals surface area contributed by atoms with Crippen LogP contribution in [-0.4, -0.2) is 24.5 Å². The molecule has 0 radical (unpaired) electrons. The van der Waals surface area contributed by atoms with E-state index in [1.165, 1.54) is 0 Å². The van der Waals surface area contributed by atoms with Crippen molar-refractivity contribution < 1.29 is 5.32 Å². The van der Waals surface area contributed by atoms with E-state index in [2.05, 4.69) is 25.8 Å². The minimum absolute atomic E-state index is 0.660. The summed E-state index contributed by atoms with van der Waals surface area (Å²) < 4.78 is 0. The molecule has 100 valence electrons. The first-order valence-corrected chi connectivity index (χ1v) is 6.88. The number of halogens is 2. The highest BCUT2D eigenvalue weighted by Gasteiger charge is 2.06. The number of hydrogen-bond donors (Lipinski definition) is 1. The van der Waals surface area contributed by atoms with Crippen molar-refractivity contribution in [2.24, 2.45) is 0 Å². The number of rotatable bonds is 6. The van der Waals surface area contributed by atoms with Gasteiger partial charge in [-0.3, -0.25) is 0 Å². The average Bonchev–Trinajstić information content (AvgIpc) is 2.39. The van der Waals surface area contributed by atoms with Crippen LogP contribution in [-0.2, 0) is 0 Å². The Morgan fingerprint density at radius 2 is 2.06 bits per heavy atom. The molecule has 0 unspecified atom stereocenters. The van der Waals surface area contributed by atoms with Crippen molar-refractivity contribution in [3.63, 3.8) is 0 Å². The van der Waals surface area contributed by atoms with Gasteiger partial charge >= 0.3 is 0 Å². The van der Waals surface area contributed by atoms with Crippen molar-refractivity contribution in [1.82, 2.24) is 4.90 Å². The molecule has 2 N–H and O–H groups in total. The zero-order valence-electron chi connectivity index (χ0n) is 10.9. The third-order valence-electron chi connectivity index (χ3n) is 2.91. The molecule has 0 aliphatic carbocycles. The number of hydrogen-bond acceptors (Lipinski definition) is 1. The Bertz CT molecular complexity index is 412. The van der Waals surface area contributed by atoms with E-state index in [0.717, 1.165) is 30.9 Å². The molecule has 0 aliphatic heterocycles. The van der Waals surface area contributed by atoms with Crippen LogP contribution < -0.4 is 5.32 Å². The molecule has 0 saturated heterocycles. The third-order valence-corrected chi connectivity index (χ3v) is 3.58. The topological polar surface area (TPSA) is 19.9 Å². The fraction of sp³-hybridized carbons (Fsp3) is 0.357. The fourth-order valence-corrected chi connectivity index (χ4v) is 2.23. The average molecular weight is 287 g/mol. The molecule has 1 aromatic carbocycles. The second-order valence-electron chi connectivity index (χ2n) is 3.98. The van der Waals surface area contributed by atoms with Crippen LogP contribution in [0.15, 0.2) is 24.3 Å². The van der Waals surface area contributed by atoms with Crippen molar-refractivity contribution in [2.75, 3.05) is 19.6 Å². The molecule has 4 heteroatoms. The highest BCUT2D eigenvalue weighted by Crippen LogP contribution is 2.28. The van der Waals surface area contributed by atoms with E-state index < -0.39 is 0 Å². The molecule has 18 heavy (non-hydrogen) atoms. The zero-order valence-corrected chi connectivity index (χ0v) is 12.4. The van der Waals surface area contributed by atoms with Gasteiger partial charge in [0, 0.05) is 23.2 Å². The van der Waals surface area contributed by atoms with Gasteiger partial charge in [0.05, 0.1) is 5.02 Å². The summed E-state index contributed by atoms with van der Waals surface area (Å²) in [7, 11) is 3.72. The van der Waals surface area contributed by atoms with Gasteiger partial charge in [0.25, 0.3) is 0 Å². The van der Waals surface area contributed by atoms with Crippen LogP contribution in [0.4, 0.5) is 5.69 Å². The van der Waals surface area contributed by atoms with Crippen LogP contribution in [0.25, 0.3) is 5.03 Å².